The third-order valence-corrected chi connectivity index (χ3v) is 6.83. The molecule has 2 atom stereocenters. The van der Waals surface area contributed by atoms with Crippen molar-refractivity contribution in [2.24, 2.45) is 0 Å². The molecule has 0 bridgehead atoms. The van der Waals surface area contributed by atoms with Crippen LogP contribution in [0.25, 0.3) is 0 Å². The van der Waals surface area contributed by atoms with Crippen LogP contribution in [0.15, 0.2) is 42.5 Å². The van der Waals surface area contributed by atoms with Gasteiger partial charge in [0.25, 0.3) is 11.1 Å². The number of hydrogen-bond donors (Lipinski definition) is 5. The molecule has 39 heavy (non-hydrogen) atoms. The number of carbonyl (C=O) groups is 3. The summed E-state index contributed by atoms with van der Waals surface area (Å²) >= 11 is 0.862. The highest BCUT2D eigenvalue weighted by molar-refractivity contribution is 8.15. The first-order chi connectivity index (χ1) is 18.1. The van der Waals surface area contributed by atoms with Crippen molar-refractivity contribution in [1.29, 1.82) is 0 Å². The van der Waals surface area contributed by atoms with Gasteiger partial charge < -0.3 is 25.2 Å². The average Bonchev–Trinajstić information content (AvgIpc) is 3.13. The van der Waals surface area contributed by atoms with Gasteiger partial charge in [0, 0.05) is 12.2 Å². The Kier molecular flexibility index (Phi) is 9.35. The molecular weight excluding hydrogens is 548 g/mol. The van der Waals surface area contributed by atoms with E-state index in [1.807, 2.05) is 12.1 Å². The number of nitrogens with zero attached hydrogens (tertiary/aromatic N) is 1. The zero-order valence-corrected chi connectivity index (χ0v) is 23.6. The number of aliphatic hydroxyl groups is 1. The van der Waals surface area contributed by atoms with Crippen LogP contribution >= 0.6 is 11.8 Å². The predicted molar refractivity (Wildman–Crippen MR) is 148 cm³/mol. The van der Waals surface area contributed by atoms with Gasteiger partial charge in [-0.15, -0.1) is 0 Å². The second-order valence-electron chi connectivity index (χ2n) is 9.96. The number of nitrogens with one attached hydrogen (secondary N) is 3. The summed E-state index contributed by atoms with van der Waals surface area (Å²) in [7, 11) is -3.67. The zero-order chi connectivity index (χ0) is 29.0. The van der Waals surface area contributed by atoms with Crippen molar-refractivity contribution in [1.82, 2.24) is 10.2 Å². The number of phenols is 1. The van der Waals surface area contributed by atoms with E-state index in [0.717, 1.165) is 23.6 Å². The molecule has 212 valence electrons. The molecule has 1 aliphatic heterocycles. The molecule has 1 saturated heterocycles. The van der Waals surface area contributed by atoms with Crippen LogP contribution in [0.2, 0.25) is 0 Å². The summed E-state index contributed by atoms with van der Waals surface area (Å²) in [6.07, 6.45) is -0.488. The lowest BCUT2D eigenvalue weighted by Crippen LogP contribution is -2.40. The molecule has 1 fully saturated rings. The fraction of sp³-hybridized carbons (Fsp3) is 0.400. The van der Waals surface area contributed by atoms with Crippen LogP contribution in [0.5, 0.6) is 5.75 Å². The van der Waals surface area contributed by atoms with Crippen molar-refractivity contribution >= 4 is 50.4 Å². The monoisotopic (exact) mass is 580 g/mol. The molecule has 1 unspecified atom stereocenters. The molecule has 1 aliphatic rings. The van der Waals surface area contributed by atoms with E-state index in [0.29, 0.717) is 12.1 Å². The molecular formula is C25H32N4O8S2. The summed E-state index contributed by atoms with van der Waals surface area (Å²) in [5.41, 5.74) is 0.934. The standard InChI is InChI=1S/C25H32N4O8S2/c1-25(2,3)37-24(34)29(14-20(31)16-7-10-19(30)18(13-16)28-39(4,35)36)12-11-15-5-8-17(9-6-15)26-22-21(32)27-23(33)38-22/h5-10,13,20,22,26,28,30-31H,11-12,14H2,1-4H3,(H,27,32,33)/t20-,22?/m0/s1. The Labute approximate surface area is 231 Å². The maximum atomic E-state index is 12.9. The Morgan fingerprint density at radius 3 is 2.41 bits per heavy atom. The largest absolute Gasteiger partial charge is 0.506 e. The number of ether oxygens (including phenoxy) is 1. The van der Waals surface area contributed by atoms with Crippen molar-refractivity contribution in [2.45, 2.75) is 44.3 Å². The van der Waals surface area contributed by atoms with Gasteiger partial charge in [0.2, 0.25) is 10.0 Å². The van der Waals surface area contributed by atoms with Gasteiger partial charge in [-0.25, -0.2) is 13.2 Å². The van der Waals surface area contributed by atoms with Gasteiger partial charge in [0.1, 0.15) is 11.4 Å². The van der Waals surface area contributed by atoms with Gasteiger partial charge in [-0.1, -0.05) is 18.2 Å². The average molecular weight is 581 g/mol. The van der Waals surface area contributed by atoms with Gasteiger partial charge in [0.15, 0.2) is 5.37 Å². The van der Waals surface area contributed by atoms with Gasteiger partial charge in [-0.3, -0.25) is 19.6 Å². The fourth-order valence-electron chi connectivity index (χ4n) is 3.57. The van der Waals surface area contributed by atoms with Crippen molar-refractivity contribution in [3.05, 3.63) is 53.6 Å². The van der Waals surface area contributed by atoms with Crippen molar-refractivity contribution in [2.75, 3.05) is 29.4 Å². The minimum atomic E-state index is -3.67. The van der Waals surface area contributed by atoms with E-state index in [1.54, 1.807) is 32.9 Å². The van der Waals surface area contributed by atoms with E-state index in [-0.39, 0.29) is 30.1 Å². The van der Waals surface area contributed by atoms with Crippen LogP contribution in [0.4, 0.5) is 21.0 Å². The molecule has 3 amide bonds. The van der Waals surface area contributed by atoms with Crippen LogP contribution in [0.1, 0.15) is 38.0 Å². The quantitative estimate of drug-likeness (QED) is 0.263. The van der Waals surface area contributed by atoms with E-state index >= 15 is 0 Å². The SMILES string of the molecule is CC(C)(C)OC(=O)N(CCc1ccc(NC2SC(=O)NC2=O)cc1)C[C@H](O)c1ccc(O)c(NS(C)(=O)=O)c1. The number of benzene rings is 2. The number of thioether (sulfide) groups is 1. The highest BCUT2D eigenvalue weighted by Crippen LogP contribution is 2.29. The molecule has 0 radical (unpaired) electrons. The number of rotatable bonds is 10. The normalized spacial score (nSPS) is 16.4. The maximum Gasteiger partial charge on any atom is 0.410 e. The third kappa shape index (κ3) is 9.33. The Bertz CT molecular complexity index is 1330. The number of hydrogen-bond acceptors (Lipinski definition) is 10. The molecule has 2 aromatic carbocycles. The Balaban J connectivity index is 1.70. The number of imide groups is 1. The highest BCUT2D eigenvalue weighted by Gasteiger charge is 2.31. The summed E-state index contributed by atoms with van der Waals surface area (Å²) in [4.78, 5) is 37.4. The van der Waals surface area contributed by atoms with Crippen LogP contribution in [-0.4, -0.2) is 71.1 Å². The minimum absolute atomic E-state index is 0.0931. The van der Waals surface area contributed by atoms with Crippen LogP contribution in [-0.2, 0) is 26.0 Å². The van der Waals surface area contributed by atoms with Crippen LogP contribution in [0, 0.1) is 0 Å². The summed E-state index contributed by atoms with van der Waals surface area (Å²) in [5, 5.41) is 24.9. The van der Waals surface area contributed by atoms with Gasteiger partial charge in [-0.05, 0) is 74.3 Å². The summed E-state index contributed by atoms with van der Waals surface area (Å²) in [6.45, 7) is 5.22. The van der Waals surface area contributed by atoms with Crippen LogP contribution < -0.4 is 15.4 Å². The van der Waals surface area contributed by atoms with Gasteiger partial charge >= 0.3 is 6.09 Å². The summed E-state index contributed by atoms with van der Waals surface area (Å²) in [6, 6.07) is 11.1. The minimum Gasteiger partial charge on any atom is -0.506 e. The molecule has 12 nitrogen and oxygen atoms in total. The fourth-order valence-corrected chi connectivity index (χ4v) is 4.87. The summed E-state index contributed by atoms with van der Waals surface area (Å²) < 4.78 is 30.9. The Morgan fingerprint density at radius 1 is 1.18 bits per heavy atom. The second-order valence-corrected chi connectivity index (χ2v) is 12.8. The van der Waals surface area contributed by atoms with Crippen molar-refractivity contribution in [3.8, 4) is 5.75 Å². The molecule has 5 N–H and O–H groups in total. The molecule has 14 heteroatoms. The molecule has 0 spiro atoms. The highest BCUT2D eigenvalue weighted by atomic mass is 32.2. The zero-order valence-electron chi connectivity index (χ0n) is 21.9. The van der Waals surface area contributed by atoms with E-state index in [2.05, 4.69) is 15.4 Å². The molecule has 1 heterocycles. The second kappa shape index (κ2) is 12.1. The molecule has 0 saturated carbocycles. The van der Waals surface area contributed by atoms with E-state index in [1.165, 1.54) is 23.1 Å². The molecule has 0 aliphatic carbocycles. The lowest BCUT2D eigenvalue weighted by atomic mass is 10.1. The first-order valence-corrected chi connectivity index (χ1v) is 14.7. The van der Waals surface area contributed by atoms with Crippen molar-refractivity contribution < 1.29 is 37.8 Å². The van der Waals surface area contributed by atoms with E-state index in [4.69, 9.17) is 4.74 Å². The smallest absolute Gasteiger partial charge is 0.410 e. The third-order valence-electron chi connectivity index (χ3n) is 5.36. The number of carbonyl (C=O) groups excluding carboxylic acids is 3. The van der Waals surface area contributed by atoms with Crippen molar-refractivity contribution in [3.63, 3.8) is 0 Å². The molecule has 0 aromatic heterocycles. The maximum absolute atomic E-state index is 12.9. The first kappa shape index (κ1) is 30.1. The number of aliphatic hydroxyl groups excluding tert-OH is 1. The number of sulfonamides is 1. The van der Waals surface area contributed by atoms with Gasteiger partial charge in [0.05, 0.1) is 24.6 Å². The lowest BCUT2D eigenvalue weighted by Gasteiger charge is -2.29. The Morgan fingerprint density at radius 2 is 1.85 bits per heavy atom. The lowest BCUT2D eigenvalue weighted by molar-refractivity contribution is -0.118. The first-order valence-electron chi connectivity index (χ1n) is 11.9. The molecule has 2 aromatic rings. The summed E-state index contributed by atoms with van der Waals surface area (Å²) in [5.74, 6) is -0.717. The molecule has 3 rings (SSSR count). The van der Waals surface area contributed by atoms with E-state index in [9.17, 15) is 33.0 Å². The number of amides is 3. The van der Waals surface area contributed by atoms with E-state index < -0.39 is 44.3 Å². The van der Waals surface area contributed by atoms with Gasteiger partial charge in [-0.2, -0.15) is 0 Å². The number of aromatic hydroxyl groups is 1. The predicted octanol–water partition coefficient (Wildman–Crippen LogP) is 3.00. The topological polar surface area (TPSA) is 174 Å². The number of anilines is 2. The number of phenolic OH excluding ortho intramolecular Hbond substituents is 1. The van der Waals surface area contributed by atoms with Crippen LogP contribution in [0.3, 0.4) is 0 Å². The Hall–Kier alpha value is -3.49.